The number of nitrogens with zero attached hydrogens (tertiary/aromatic N) is 6. The van der Waals surface area contributed by atoms with Crippen molar-refractivity contribution in [2.75, 3.05) is 42.6 Å². The van der Waals surface area contributed by atoms with Crippen molar-refractivity contribution < 1.29 is 22.3 Å². The molecule has 0 bridgehead atoms. The molecule has 2 saturated heterocycles. The first-order valence-corrected chi connectivity index (χ1v) is 16.0. The molecule has 226 valence electrons. The van der Waals surface area contributed by atoms with Gasteiger partial charge in [-0.2, -0.15) is 0 Å². The molecular weight excluding hydrogens is 564 g/mol. The van der Waals surface area contributed by atoms with Gasteiger partial charge < -0.3 is 14.9 Å². The quantitative estimate of drug-likeness (QED) is 0.417. The molecule has 3 aromatic rings. The Morgan fingerprint density at radius 2 is 1.62 bits per heavy atom. The zero-order valence-electron chi connectivity index (χ0n) is 23.9. The van der Waals surface area contributed by atoms with Gasteiger partial charge in [-0.1, -0.05) is 11.3 Å². The van der Waals surface area contributed by atoms with E-state index in [4.69, 9.17) is 5.14 Å². The normalized spacial score (nSPS) is 20.6. The molecule has 3 N–H and O–H groups in total. The number of nitrogens with two attached hydrogens (primary N) is 1. The molecule has 42 heavy (non-hydrogen) atoms. The van der Waals surface area contributed by atoms with Crippen LogP contribution in [-0.2, 0) is 10.0 Å². The van der Waals surface area contributed by atoms with E-state index >= 15 is 0 Å². The second-order valence-electron chi connectivity index (χ2n) is 12.1. The van der Waals surface area contributed by atoms with Crippen molar-refractivity contribution in [1.82, 2.24) is 20.0 Å². The summed E-state index contributed by atoms with van der Waals surface area (Å²) in [6, 6.07) is 9.05. The lowest BCUT2D eigenvalue weighted by atomic mass is 9.93. The molecule has 2 aromatic heterocycles. The van der Waals surface area contributed by atoms with E-state index in [0.29, 0.717) is 22.5 Å². The van der Waals surface area contributed by atoms with E-state index < -0.39 is 27.8 Å². The molecule has 6 rings (SSSR count). The number of alkyl halides is 2. The predicted molar refractivity (Wildman–Crippen MR) is 157 cm³/mol. The molecule has 0 radical (unpaired) electrons. The summed E-state index contributed by atoms with van der Waals surface area (Å²) in [6.07, 6.45) is 4.24. The van der Waals surface area contributed by atoms with Crippen molar-refractivity contribution in [3.63, 3.8) is 0 Å². The summed E-state index contributed by atoms with van der Waals surface area (Å²) in [4.78, 5) is 8.75. The van der Waals surface area contributed by atoms with Gasteiger partial charge in [0.15, 0.2) is 0 Å². The number of halogens is 2. The highest BCUT2D eigenvalue weighted by molar-refractivity contribution is 7.89. The number of aliphatic hydroxyl groups is 1. The summed E-state index contributed by atoms with van der Waals surface area (Å²) in [5, 5.41) is 23.1. The molecule has 3 aliphatic rings. The van der Waals surface area contributed by atoms with Gasteiger partial charge in [-0.15, -0.1) is 5.10 Å². The first-order chi connectivity index (χ1) is 19.9. The number of primary sulfonamides is 1. The minimum Gasteiger partial charge on any atom is -0.395 e. The molecule has 10 nitrogen and oxygen atoms in total. The molecule has 2 aliphatic heterocycles. The maximum atomic E-state index is 13.8. The minimum absolute atomic E-state index is 0.202. The summed E-state index contributed by atoms with van der Waals surface area (Å²) >= 11 is 0. The van der Waals surface area contributed by atoms with E-state index in [0.717, 1.165) is 54.3 Å². The van der Waals surface area contributed by atoms with E-state index in [1.807, 2.05) is 36.9 Å². The maximum absolute atomic E-state index is 13.8. The van der Waals surface area contributed by atoms with E-state index in [1.54, 1.807) is 16.8 Å². The second kappa shape index (κ2) is 10.5. The fraction of sp³-hybridized carbons (Fsp3) is 0.552. The zero-order valence-corrected chi connectivity index (χ0v) is 24.7. The summed E-state index contributed by atoms with van der Waals surface area (Å²) in [5.41, 5.74) is 5.38. The first-order valence-electron chi connectivity index (χ1n) is 14.4. The number of rotatable bonds is 7. The number of benzene rings is 1. The van der Waals surface area contributed by atoms with Gasteiger partial charge >= 0.3 is 0 Å². The third kappa shape index (κ3) is 5.61. The van der Waals surface area contributed by atoms with E-state index in [-0.39, 0.29) is 25.9 Å². The number of hydrogen-bond acceptors (Lipinski definition) is 8. The van der Waals surface area contributed by atoms with Crippen molar-refractivity contribution in [2.45, 2.75) is 63.5 Å². The van der Waals surface area contributed by atoms with Crippen LogP contribution in [0.3, 0.4) is 0 Å². The van der Waals surface area contributed by atoms with Gasteiger partial charge in [0.25, 0.3) is 5.92 Å². The SMILES string of the molecule is Cc1cc(-c2nnn(-c3ccc(C(CO)S(N)(=O)=O)cc3N3CCC4(CC3)CC4)c2C)cc(N2CCC(F)(F)CC2)n1. The van der Waals surface area contributed by atoms with Crippen LogP contribution in [0.5, 0.6) is 0 Å². The van der Waals surface area contributed by atoms with Gasteiger partial charge in [-0.05, 0) is 74.8 Å². The molecular formula is C29H37F2N7O3S. The van der Waals surface area contributed by atoms with Crippen LogP contribution in [0.25, 0.3) is 16.9 Å². The van der Waals surface area contributed by atoms with Gasteiger partial charge in [-0.25, -0.2) is 32.0 Å². The third-order valence-corrected chi connectivity index (χ3v) is 10.4. The Morgan fingerprint density at radius 3 is 2.24 bits per heavy atom. The fourth-order valence-corrected chi connectivity index (χ4v) is 7.04. The summed E-state index contributed by atoms with van der Waals surface area (Å²) in [5.74, 6) is -2.01. The van der Waals surface area contributed by atoms with Gasteiger partial charge in [0.1, 0.15) is 16.8 Å². The van der Waals surface area contributed by atoms with Crippen LogP contribution in [0, 0.1) is 19.3 Å². The summed E-state index contributed by atoms with van der Waals surface area (Å²) in [6.45, 7) is 5.29. The lowest BCUT2D eigenvalue weighted by molar-refractivity contribution is -0.0221. The molecule has 1 atom stereocenters. The van der Waals surface area contributed by atoms with Crippen LogP contribution in [0.4, 0.5) is 20.3 Å². The largest absolute Gasteiger partial charge is 0.395 e. The molecule has 1 saturated carbocycles. The Labute approximate surface area is 244 Å². The minimum atomic E-state index is -4.02. The standard InChI is InChI=1S/C29H37F2N7O3S/c1-19-15-22(17-26(33-19)37-13-9-29(30,31)10-14-37)27-20(2)38(35-34-27)23-4-3-21(25(18-39)42(32,40)41)16-24(23)36-11-7-28(5-6-28)8-12-36/h3-4,15-17,25,39H,5-14,18H2,1-2H3,(H2,32,40,41). The van der Waals surface area contributed by atoms with Gasteiger partial charge in [-0.3, -0.25) is 0 Å². The number of anilines is 2. The molecule has 1 aromatic carbocycles. The highest BCUT2D eigenvalue weighted by atomic mass is 32.2. The summed E-state index contributed by atoms with van der Waals surface area (Å²) in [7, 11) is -4.02. The predicted octanol–water partition coefficient (Wildman–Crippen LogP) is 3.88. The average Bonchev–Trinajstić information content (AvgIpc) is 3.57. The lowest BCUT2D eigenvalue weighted by Gasteiger charge is -2.35. The number of aryl methyl sites for hydroxylation is 1. The topological polar surface area (TPSA) is 130 Å². The number of sulfonamides is 1. The van der Waals surface area contributed by atoms with Crippen molar-refractivity contribution in [3.8, 4) is 16.9 Å². The highest BCUT2D eigenvalue weighted by Crippen LogP contribution is 2.54. The third-order valence-electron chi connectivity index (χ3n) is 9.21. The molecule has 1 unspecified atom stereocenters. The Bertz CT molecular complexity index is 1590. The first kappa shape index (κ1) is 28.9. The van der Waals surface area contributed by atoms with Gasteiger partial charge in [0.2, 0.25) is 10.0 Å². The van der Waals surface area contributed by atoms with E-state index in [2.05, 4.69) is 20.2 Å². The smallest absolute Gasteiger partial charge is 0.251 e. The van der Waals surface area contributed by atoms with Crippen LogP contribution in [-0.4, -0.2) is 72.2 Å². The Kier molecular flexibility index (Phi) is 7.25. The van der Waals surface area contributed by atoms with Crippen molar-refractivity contribution >= 4 is 21.5 Å². The zero-order chi connectivity index (χ0) is 29.9. The highest BCUT2D eigenvalue weighted by Gasteiger charge is 2.44. The number of aromatic nitrogens is 4. The Morgan fingerprint density at radius 1 is 0.952 bits per heavy atom. The number of piperidine rings is 2. The number of pyridine rings is 1. The molecule has 4 heterocycles. The van der Waals surface area contributed by atoms with Gasteiger partial charge in [0.05, 0.1) is 23.7 Å². The van der Waals surface area contributed by atoms with E-state index in [9.17, 15) is 22.3 Å². The second-order valence-corrected chi connectivity index (χ2v) is 13.9. The maximum Gasteiger partial charge on any atom is 0.251 e. The molecule has 1 spiro atoms. The fourth-order valence-electron chi connectivity index (χ4n) is 6.31. The lowest BCUT2D eigenvalue weighted by Crippen LogP contribution is -2.39. The molecule has 13 heteroatoms. The Balaban J connectivity index is 1.37. The van der Waals surface area contributed by atoms with Crippen molar-refractivity contribution in [3.05, 3.63) is 47.3 Å². The molecule has 0 amide bonds. The monoisotopic (exact) mass is 601 g/mol. The van der Waals surface area contributed by atoms with Crippen LogP contribution < -0.4 is 14.9 Å². The van der Waals surface area contributed by atoms with Crippen molar-refractivity contribution in [2.24, 2.45) is 10.6 Å². The molecule has 1 aliphatic carbocycles. The molecule has 3 fully saturated rings. The number of hydrogen-bond donors (Lipinski definition) is 2. The van der Waals surface area contributed by atoms with Gasteiger partial charge in [0, 0.05) is 50.3 Å². The van der Waals surface area contributed by atoms with Crippen LogP contribution in [0.1, 0.15) is 60.7 Å². The van der Waals surface area contributed by atoms with Crippen LogP contribution >= 0.6 is 0 Å². The van der Waals surface area contributed by atoms with Crippen molar-refractivity contribution in [1.29, 1.82) is 0 Å². The Hall–Kier alpha value is -3.16. The average molecular weight is 602 g/mol. The van der Waals surface area contributed by atoms with Crippen LogP contribution in [0.2, 0.25) is 0 Å². The van der Waals surface area contributed by atoms with E-state index in [1.165, 1.54) is 12.8 Å². The summed E-state index contributed by atoms with van der Waals surface area (Å²) < 4.78 is 53.8. The number of aliphatic hydroxyl groups excluding tert-OH is 1. The van der Waals surface area contributed by atoms with Crippen LogP contribution in [0.15, 0.2) is 30.3 Å².